The summed E-state index contributed by atoms with van der Waals surface area (Å²) in [7, 11) is 0. The lowest BCUT2D eigenvalue weighted by Gasteiger charge is -2.51. The van der Waals surface area contributed by atoms with E-state index in [4.69, 9.17) is 9.26 Å². The van der Waals surface area contributed by atoms with E-state index >= 15 is 8.78 Å². The molecule has 2 aromatic heterocycles. The normalized spacial score (nSPS) is 23.6. The fraction of sp³-hybridized carbons (Fsp3) is 0.640. The fourth-order valence-electron chi connectivity index (χ4n) is 6.13. The standard InChI is InChI=1S/C25H33F2N3O4/c1-22(2)14-23(3,4)16-24(32,15-22)25(26,27)21(31)30-10-6-8-20(30)19-11-18(34-29-19)13-33-17-7-5-9-28-12-17/h5,7,9,11-12,20,32H,6,8,10,13-16H2,1-4H3. The summed E-state index contributed by atoms with van der Waals surface area (Å²) in [6.45, 7) is 7.73. The summed E-state index contributed by atoms with van der Waals surface area (Å²) < 4.78 is 42.4. The minimum atomic E-state index is -3.92. The highest BCUT2D eigenvalue weighted by Gasteiger charge is 2.65. The maximum Gasteiger partial charge on any atom is 0.352 e. The number of hydrogen-bond donors (Lipinski definition) is 1. The second kappa shape index (κ2) is 8.59. The van der Waals surface area contributed by atoms with Gasteiger partial charge in [0.05, 0.1) is 12.2 Å². The average Bonchev–Trinajstić information content (AvgIpc) is 3.39. The largest absolute Gasteiger partial charge is 0.484 e. The number of halogens is 2. The molecule has 1 aliphatic carbocycles. The number of pyridine rings is 1. The van der Waals surface area contributed by atoms with E-state index in [0.29, 0.717) is 36.5 Å². The summed E-state index contributed by atoms with van der Waals surface area (Å²) in [5, 5.41) is 15.2. The Labute approximate surface area is 198 Å². The second-order valence-electron chi connectivity index (χ2n) is 11.3. The lowest BCUT2D eigenvalue weighted by Crippen LogP contribution is -2.62. The molecule has 1 N–H and O–H groups in total. The Bertz CT molecular complexity index is 1010. The van der Waals surface area contributed by atoms with Crippen LogP contribution in [0.2, 0.25) is 0 Å². The minimum absolute atomic E-state index is 0.0967. The Morgan fingerprint density at radius 1 is 1.26 bits per heavy atom. The van der Waals surface area contributed by atoms with Crippen molar-refractivity contribution >= 4 is 5.91 Å². The zero-order valence-corrected chi connectivity index (χ0v) is 20.2. The van der Waals surface area contributed by atoms with Crippen molar-refractivity contribution in [3.8, 4) is 5.75 Å². The van der Waals surface area contributed by atoms with Crippen molar-refractivity contribution in [1.82, 2.24) is 15.0 Å². The molecular formula is C25H33F2N3O4. The van der Waals surface area contributed by atoms with Crippen molar-refractivity contribution in [2.24, 2.45) is 10.8 Å². The highest BCUT2D eigenvalue weighted by Crippen LogP contribution is 2.55. The average molecular weight is 478 g/mol. The number of hydrogen-bond acceptors (Lipinski definition) is 6. The van der Waals surface area contributed by atoms with Crippen LogP contribution >= 0.6 is 0 Å². The Hall–Kier alpha value is -2.55. The Kier molecular flexibility index (Phi) is 6.21. The van der Waals surface area contributed by atoms with Gasteiger partial charge in [-0.2, -0.15) is 8.78 Å². The number of aliphatic hydroxyl groups is 1. The number of ether oxygens (including phenoxy) is 1. The van der Waals surface area contributed by atoms with Gasteiger partial charge in [0.2, 0.25) is 0 Å². The van der Waals surface area contributed by atoms with E-state index in [1.165, 1.54) is 0 Å². The molecule has 4 rings (SSSR count). The summed E-state index contributed by atoms with van der Waals surface area (Å²) in [6, 6.07) is 4.49. The number of carbonyl (C=O) groups is 1. The molecular weight excluding hydrogens is 444 g/mol. The molecule has 2 aliphatic rings. The number of nitrogens with zero attached hydrogens (tertiary/aromatic N) is 3. The van der Waals surface area contributed by atoms with Crippen LogP contribution in [-0.4, -0.2) is 44.1 Å². The molecule has 0 bridgehead atoms. The van der Waals surface area contributed by atoms with Gasteiger partial charge in [-0.3, -0.25) is 9.78 Å². The molecule has 1 amide bonds. The van der Waals surface area contributed by atoms with E-state index in [9.17, 15) is 9.90 Å². The van der Waals surface area contributed by atoms with Gasteiger partial charge in [0.1, 0.15) is 23.7 Å². The maximum atomic E-state index is 15.7. The molecule has 3 heterocycles. The highest BCUT2D eigenvalue weighted by molar-refractivity contribution is 5.85. The number of rotatable bonds is 6. The Morgan fingerprint density at radius 3 is 2.62 bits per heavy atom. The maximum absolute atomic E-state index is 15.7. The van der Waals surface area contributed by atoms with Crippen LogP contribution < -0.4 is 4.74 Å². The van der Waals surface area contributed by atoms with E-state index in [-0.39, 0.29) is 26.0 Å². The first kappa shape index (κ1) is 24.6. The summed E-state index contributed by atoms with van der Waals surface area (Å²) >= 11 is 0. The fourth-order valence-corrected chi connectivity index (χ4v) is 6.13. The monoisotopic (exact) mass is 477 g/mol. The summed E-state index contributed by atoms with van der Waals surface area (Å²) in [4.78, 5) is 18.3. The van der Waals surface area contributed by atoms with Crippen LogP contribution in [0.5, 0.6) is 5.75 Å². The molecule has 0 aromatic carbocycles. The lowest BCUT2D eigenvalue weighted by atomic mass is 9.58. The zero-order valence-electron chi connectivity index (χ0n) is 20.2. The van der Waals surface area contributed by atoms with Crippen LogP contribution in [-0.2, 0) is 11.4 Å². The van der Waals surface area contributed by atoms with Gasteiger partial charge in [0, 0.05) is 18.8 Å². The predicted molar refractivity (Wildman–Crippen MR) is 120 cm³/mol. The minimum Gasteiger partial charge on any atom is -0.484 e. The number of amides is 1. The van der Waals surface area contributed by atoms with E-state index in [2.05, 4.69) is 10.1 Å². The topological polar surface area (TPSA) is 88.7 Å². The first-order valence-electron chi connectivity index (χ1n) is 11.7. The third-order valence-corrected chi connectivity index (χ3v) is 6.80. The SMILES string of the molecule is CC1(C)CC(C)(C)CC(O)(C(F)(F)C(=O)N2CCCC2c2cc(COc3cccnc3)on2)C1. The molecule has 0 radical (unpaired) electrons. The smallest absolute Gasteiger partial charge is 0.352 e. The molecule has 2 fully saturated rings. The molecule has 1 saturated carbocycles. The molecule has 2 aromatic rings. The Balaban J connectivity index is 1.50. The van der Waals surface area contributed by atoms with Crippen molar-refractivity contribution in [3.05, 3.63) is 42.0 Å². The lowest BCUT2D eigenvalue weighted by molar-refractivity contribution is -0.231. The van der Waals surface area contributed by atoms with Crippen molar-refractivity contribution < 1.29 is 27.9 Å². The molecule has 34 heavy (non-hydrogen) atoms. The van der Waals surface area contributed by atoms with Gasteiger partial charge in [-0.05, 0) is 55.1 Å². The predicted octanol–water partition coefficient (Wildman–Crippen LogP) is 4.91. The molecule has 1 atom stereocenters. The van der Waals surface area contributed by atoms with Crippen LogP contribution in [0.25, 0.3) is 0 Å². The van der Waals surface area contributed by atoms with Gasteiger partial charge in [-0.1, -0.05) is 32.9 Å². The molecule has 186 valence electrons. The van der Waals surface area contributed by atoms with Crippen LogP contribution in [0.1, 0.15) is 77.3 Å². The quantitative estimate of drug-likeness (QED) is 0.636. The van der Waals surface area contributed by atoms with Gasteiger partial charge in [0.15, 0.2) is 5.76 Å². The van der Waals surface area contributed by atoms with Gasteiger partial charge in [0.25, 0.3) is 5.91 Å². The van der Waals surface area contributed by atoms with Gasteiger partial charge in [-0.25, -0.2) is 0 Å². The molecule has 9 heteroatoms. The van der Waals surface area contributed by atoms with Crippen molar-refractivity contribution in [3.63, 3.8) is 0 Å². The number of carbonyl (C=O) groups excluding carboxylic acids is 1. The number of alkyl halides is 2. The molecule has 7 nitrogen and oxygen atoms in total. The second-order valence-corrected chi connectivity index (χ2v) is 11.3. The van der Waals surface area contributed by atoms with Gasteiger partial charge in [-0.15, -0.1) is 0 Å². The first-order valence-corrected chi connectivity index (χ1v) is 11.7. The summed E-state index contributed by atoms with van der Waals surface area (Å²) in [5.41, 5.74) is -3.03. The highest BCUT2D eigenvalue weighted by atomic mass is 19.3. The van der Waals surface area contributed by atoms with Crippen molar-refractivity contribution in [1.29, 1.82) is 0 Å². The van der Waals surface area contributed by atoms with Crippen LogP contribution in [0.15, 0.2) is 35.1 Å². The summed E-state index contributed by atoms with van der Waals surface area (Å²) in [6.07, 6.45) is 4.67. The number of aromatic nitrogens is 2. The molecule has 1 saturated heterocycles. The number of likely N-dealkylation sites (tertiary alicyclic amines) is 1. The first-order chi connectivity index (χ1) is 15.8. The van der Waals surface area contributed by atoms with Crippen molar-refractivity contribution in [2.75, 3.05) is 6.54 Å². The third kappa shape index (κ3) is 4.80. The van der Waals surface area contributed by atoms with Gasteiger partial charge >= 0.3 is 5.92 Å². The van der Waals surface area contributed by atoms with E-state index < -0.39 is 34.3 Å². The zero-order chi connectivity index (χ0) is 24.8. The van der Waals surface area contributed by atoms with Crippen molar-refractivity contribution in [2.45, 2.75) is 84.0 Å². The van der Waals surface area contributed by atoms with E-state index in [1.807, 2.05) is 27.7 Å². The van der Waals surface area contributed by atoms with Crippen LogP contribution in [0.4, 0.5) is 8.78 Å². The van der Waals surface area contributed by atoms with E-state index in [1.54, 1.807) is 30.6 Å². The van der Waals surface area contributed by atoms with Gasteiger partial charge < -0.3 is 19.3 Å². The third-order valence-electron chi connectivity index (χ3n) is 6.80. The van der Waals surface area contributed by atoms with Crippen LogP contribution in [0.3, 0.4) is 0 Å². The van der Waals surface area contributed by atoms with E-state index in [0.717, 1.165) is 4.90 Å². The Morgan fingerprint density at radius 2 is 1.97 bits per heavy atom. The summed E-state index contributed by atoms with van der Waals surface area (Å²) in [5.74, 6) is -4.29. The molecule has 1 aliphatic heterocycles. The van der Waals surface area contributed by atoms with Crippen LogP contribution in [0, 0.1) is 10.8 Å². The molecule has 1 unspecified atom stereocenters. The molecule has 0 spiro atoms.